The number of hydrogen-bond acceptors (Lipinski definition) is 5. The highest BCUT2D eigenvalue weighted by atomic mass is 16.5. The molecular weight excluding hydrogens is 423 g/mol. The summed E-state index contributed by atoms with van der Waals surface area (Å²) in [4.78, 5) is 9.84. The summed E-state index contributed by atoms with van der Waals surface area (Å²) in [5.41, 5.74) is 3.93. The molecular formula is C28H26BN2O3. The highest BCUT2D eigenvalue weighted by molar-refractivity contribution is 6.47. The molecule has 5 aromatic rings. The Morgan fingerprint density at radius 1 is 0.824 bits per heavy atom. The lowest BCUT2D eigenvalue weighted by Gasteiger charge is -2.37. The van der Waals surface area contributed by atoms with Gasteiger partial charge >= 0.3 is 7.48 Å². The molecule has 2 aromatic heterocycles. The van der Waals surface area contributed by atoms with Gasteiger partial charge < -0.3 is 14.2 Å². The minimum atomic E-state index is -0.998. The van der Waals surface area contributed by atoms with Crippen LogP contribution in [0.15, 0.2) is 83.3 Å². The monoisotopic (exact) mass is 449 g/mol. The van der Waals surface area contributed by atoms with Crippen LogP contribution in [0.5, 0.6) is 0 Å². The largest absolute Gasteiger partial charge is 0.452 e. The van der Waals surface area contributed by atoms with Crippen molar-refractivity contribution >= 4 is 35.0 Å². The van der Waals surface area contributed by atoms with Crippen LogP contribution in [0.25, 0.3) is 44.7 Å². The molecule has 0 amide bonds. The fourth-order valence-electron chi connectivity index (χ4n) is 3.62. The van der Waals surface area contributed by atoms with E-state index in [4.69, 9.17) is 19.0 Å². The third-order valence-electron chi connectivity index (χ3n) is 6.37. The quantitative estimate of drug-likeness (QED) is 0.346. The number of furan rings is 1. The van der Waals surface area contributed by atoms with Crippen LogP contribution in [0.4, 0.5) is 0 Å². The van der Waals surface area contributed by atoms with E-state index in [1.807, 2.05) is 92.7 Å². The number of fused-ring (bicyclic) bond motifs is 3. The lowest BCUT2D eigenvalue weighted by atomic mass is 9.82. The molecule has 0 saturated carbocycles. The van der Waals surface area contributed by atoms with Crippen molar-refractivity contribution < 1.29 is 14.2 Å². The molecule has 34 heavy (non-hydrogen) atoms. The first kappa shape index (κ1) is 22.3. The predicted octanol–water partition coefficient (Wildman–Crippen LogP) is 5.52. The van der Waals surface area contributed by atoms with Gasteiger partial charge in [0.15, 0.2) is 11.4 Å². The fraction of sp³-hybridized carbons (Fsp3) is 0.214. The number of aliphatic hydroxyl groups is 1. The van der Waals surface area contributed by atoms with Gasteiger partial charge in [-0.1, -0.05) is 72.2 Å². The summed E-state index contributed by atoms with van der Waals surface area (Å²) >= 11 is 0. The first-order valence-electron chi connectivity index (χ1n) is 11.3. The molecule has 169 valence electrons. The maximum atomic E-state index is 10.4. The molecule has 0 aliphatic rings. The lowest BCUT2D eigenvalue weighted by Crippen LogP contribution is -2.49. The summed E-state index contributed by atoms with van der Waals surface area (Å²) in [5.74, 6) is 0.606. The van der Waals surface area contributed by atoms with Gasteiger partial charge in [0.25, 0.3) is 0 Å². The Morgan fingerprint density at radius 3 is 2.29 bits per heavy atom. The molecule has 2 heterocycles. The van der Waals surface area contributed by atoms with E-state index in [9.17, 15) is 5.11 Å². The van der Waals surface area contributed by atoms with Gasteiger partial charge in [-0.3, -0.25) is 0 Å². The Balaban J connectivity index is 1.61. The molecule has 5 rings (SSSR count). The number of nitrogens with zero attached hydrogens (tertiary/aromatic N) is 2. The van der Waals surface area contributed by atoms with Gasteiger partial charge in [0.05, 0.1) is 11.2 Å². The van der Waals surface area contributed by atoms with E-state index in [0.29, 0.717) is 11.4 Å². The summed E-state index contributed by atoms with van der Waals surface area (Å²) in [5, 5.41) is 11.3. The second kappa shape index (κ2) is 8.39. The Morgan fingerprint density at radius 2 is 1.53 bits per heavy atom. The van der Waals surface area contributed by atoms with Crippen LogP contribution < -0.4 is 5.46 Å². The number of rotatable bonds is 6. The van der Waals surface area contributed by atoms with E-state index in [1.165, 1.54) is 0 Å². The van der Waals surface area contributed by atoms with Gasteiger partial charge in [-0.15, -0.1) is 0 Å². The molecule has 0 fully saturated rings. The Bertz CT molecular complexity index is 1470. The molecule has 0 bridgehead atoms. The number of aromatic nitrogens is 2. The SMILES string of the molecule is CC(C)(O)C(C)(C)O[B]c1cccc(-c2nc(-c3ccccc3)c3oc4ccccc4c3n2)c1. The van der Waals surface area contributed by atoms with Gasteiger partial charge in [0.2, 0.25) is 0 Å². The van der Waals surface area contributed by atoms with Crippen LogP contribution in [-0.4, -0.2) is 33.8 Å². The Kier molecular flexibility index (Phi) is 5.51. The molecule has 0 saturated heterocycles. The molecule has 0 aliphatic heterocycles. The third-order valence-corrected chi connectivity index (χ3v) is 6.37. The van der Waals surface area contributed by atoms with Crippen LogP contribution in [0.3, 0.4) is 0 Å². The molecule has 0 unspecified atom stereocenters. The minimum Gasteiger partial charge on any atom is -0.452 e. The molecule has 3 aromatic carbocycles. The van der Waals surface area contributed by atoms with Crippen molar-refractivity contribution in [2.75, 3.05) is 0 Å². The van der Waals surface area contributed by atoms with Crippen LogP contribution in [0, 0.1) is 0 Å². The van der Waals surface area contributed by atoms with Crippen molar-refractivity contribution in [1.82, 2.24) is 9.97 Å². The highest BCUT2D eigenvalue weighted by Crippen LogP contribution is 2.35. The Labute approximate surface area is 199 Å². The van der Waals surface area contributed by atoms with E-state index < -0.39 is 11.2 Å². The van der Waals surface area contributed by atoms with E-state index in [1.54, 1.807) is 21.3 Å². The maximum absolute atomic E-state index is 10.4. The molecule has 0 atom stereocenters. The molecule has 1 N–H and O–H groups in total. The summed E-state index contributed by atoms with van der Waals surface area (Å²) in [6.07, 6.45) is 0. The fourth-order valence-corrected chi connectivity index (χ4v) is 3.62. The van der Waals surface area contributed by atoms with Gasteiger partial charge in [-0.05, 0) is 39.8 Å². The zero-order chi connectivity index (χ0) is 23.9. The Hall–Kier alpha value is -3.48. The molecule has 0 aliphatic carbocycles. The molecule has 6 heteroatoms. The van der Waals surface area contributed by atoms with Crippen molar-refractivity contribution in [2.45, 2.75) is 38.9 Å². The summed E-state index contributed by atoms with van der Waals surface area (Å²) in [6.45, 7) is 7.20. The van der Waals surface area contributed by atoms with Gasteiger partial charge in [0.1, 0.15) is 16.8 Å². The van der Waals surface area contributed by atoms with Crippen molar-refractivity contribution in [3.05, 3.63) is 78.9 Å². The van der Waals surface area contributed by atoms with Gasteiger partial charge in [0, 0.05) is 16.5 Å². The number of hydrogen-bond donors (Lipinski definition) is 1. The van der Waals surface area contributed by atoms with Crippen LogP contribution >= 0.6 is 0 Å². The summed E-state index contributed by atoms with van der Waals surface area (Å²) in [6, 6.07) is 25.8. The van der Waals surface area contributed by atoms with E-state index in [2.05, 4.69) is 0 Å². The summed E-state index contributed by atoms with van der Waals surface area (Å²) < 4.78 is 12.1. The average molecular weight is 449 g/mol. The van der Waals surface area contributed by atoms with Crippen molar-refractivity contribution in [2.24, 2.45) is 0 Å². The lowest BCUT2D eigenvalue weighted by molar-refractivity contribution is -0.0893. The smallest absolute Gasteiger partial charge is 0.330 e. The maximum Gasteiger partial charge on any atom is 0.330 e. The zero-order valence-electron chi connectivity index (χ0n) is 19.7. The highest BCUT2D eigenvalue weighted by Gasteiger charge is 2.35. The van der Waals surface area contributed by atoms with Crippen molar-refractivity contribution in [3.8, 4) is 22.6 Å². The predicted molar refractivity (Wildman–Crippen MR) is 137 cm³/mol. The molecule has 0 spiro atoms. The topological polar surface area (TPSA) is 68.4 Å². The average Bonchev–Trinajstić information content (AvgIpc) is 3.21. The van der Waals surface area contributed by atoms with Crippen molar-refractivity contribution in [1.29, 1.82) is 0 Å². The van der Waals surface area contributed by atoms with Crippen LogP contribution in [0.1, 0.15) is 27.7 Å². The first-order valence-corrected chi connectivity index (χ1v) is 11.3. The minimum absolute atomic E-state index is 0.606. The number of para-hydroxylation sites is 1. The van der Waals surface area contributed by atoms with Gasteiger partial charge in [-0.25, -0.2) is 9.97 Å². The standard InChI is InChI=1S/C28H26BN2O3/c1-27(2,32)28(3,4)34-29-20-14-10-13-19(17-20)26-30-23(18-11-6-5-7-12-18)25-24(31-26)21-15-8-9-16-22(21)33-25/h5-17,32H,1-4H3. The van der Waals surface area contributed by atoms with E-state index in [-0.39, 0.29) is 0 Å². The molecule has 1 radical (unpaired) electrons. The number of benzene rings is 3. The van der Waals surface area contributed by atoms with Crippen LogP contribution in [-0.2, 0) is 4.65 Å². The van der Waals surface area contributed by atoms with Crippen LogP contribution in [0.2, 0.25) is 0 Å². The molecule has 5 nitrogen and oxygen atoms in total. The second-order valence-electron chi connectivity index (χ2n) is 9.47. The second-order valence-corrected chi connectivity index (χ2v) is 9.47. The third kappa shape index (κ3) is 4.11. The zero-order valence-corrected chi connectivity index (χ0v) is 19.7. The summed E-state index contributed by atoms with van der Waals surface area (Å²) in [7, 11) is 1.67. The first-order chi connectivity index (χ1) is 16.2. The van der Waals surface area contributed by atoms with E-state index in [0.717, 1.165) is 38.8 Å². The van der Waals surface area contributed by atoms with Gasteiger partial charge in [-0.2, -0.15) is 0 Å². The van der Waals surface area contributed by atoms with E-state index >= 15 is 0 Å². The van der Waals surface area contributed by atoms with Crippen molar-refractivity contribution in [3.63, 3.8) is 0 Å². The normalized spacial score (nSPS) is 12.4.